The molecule has 3 aliphatic rings. The minimum Gasteiger partial charge on any atom is -0.333 e. The van der Waals surface area contributed by atoms with Crippen molar-refractivity contribution in [1.29, 1.82) is 0 Å². The van der Waals surface area contributed by atoms with Gasteiger partial charge in [0.25, 0.3) is 0 Å². The van der Waals surface area contributed by atoms with Crippen LogP contribution in [-0.4, -0.2) is 68.9 Å². The van der Waals surface area contributed by atoms with Crippen molar-refractivity contribution < 1.29 is 14.6 Å². The van der Waals surface area contributed by atoms with Gasteiger partial charge < -0.3 is 10.5 Å². The van der Waals surface area contributed by atoms with E-state index in [1.54, 1.807) is 0 Å². The number of rotatable bonds is 4. The predicted octanol–water partition coefficient (Wildman–Crippen LogP) is 1.05. The Kier molecular flexibility index (Phi) is 3.62. The van der Waals surface area contributed by atoms with Crippen molar-refractivity contribution >= 4 is 13.6 Å². The molecule has 1 atom stereocenters. The SMILES string of the molecule is CC1(C)CC(NC(=O)NP(=O)(N2CC2)N2CC2)C(C)(C)N1O. The Morgan fingerprint density at radius 1 is 1.14 bits per heavy atom. The van der Waals surface area contributed by atoms with Gasteiger partial charge >= 0.3 is 13.6 Å². The van der Waals surface area contributed by atoms with E-state index in [-0.39, 0.29) is 6.04 Å². The van der Waals surface area contributed by atoms with E-state index in [2.05, 4.69) is 10.4 Å². The maximum absolute atomic E-state index is 12.9. The third-order valence-corrected chi connectivity index (χ3v) is 7.67. The number of hydrogen-bond donors (Lipinski definition) is 3. The number of hydrogen-bond acceptors (Lipinski definition) is 4. The first-order chi connectivity index (χ1) is 10.1. The second-order valence-corrected chi connectivity index (χ2v) is 10.0. The lowest BCUT2D eigenvalue weighted by Gasteiger charge is -2.36. The molecular formula is C13H26N5O3P. The van der Waals surface area contributed by atoms with E-state index in [4.69, 9.17) is 0 Å². The van der Waals surface area contributed by atoms with Gasteiger partial charge in [-0.25, -0.2) is 14.1 Å². The lowest BCUT2D eigenvalue weighted by atomic mass is 9.94. The number of carbonyl (C=O) groups excluding carboxylic acids is 1. The molecule has 0 saturated carbocycles. The minimum atomic E-state index is -2.91. The number of amides is 2. The van der Waals surface area contributed by atoms with Crippen molar-refractivity contribution in [3.05, 3.63) is 0 Å². The number of nitrogens with one attached hydrogen (secondary N) is 2. The summed E-state index contributed by atoms with van der Waals surface area (Å²) in [6, 6.07) is -0.643. The predicted molar refractivity (Wildman–Crippen MR) is 82.6 cm³/mol. The number of hydroxylamine groups is 2. The molecule has 0 radical (unpaired) electrons. The normalized spacial score (nSPS) is 31.0. The summed E-state index contributed by atoms with van der Waals surface area (Å²) in [5.74, 6) is 0. The van der Waals surface area contributed by atoms with Crippen LogP contribution in [0.15, 0.2) is 0 Å². The van der Waals surface area contributed by atoms with Gasteiger partial charge in [-0.1, -0.05) is 0 Å². The molecule has 0 aromatic carbocycles. The summed E-state index contributed by atoms with van der Waals surface area (Å²) in [6.45, 7) is 10.7. The molecule has 0 bridgehead atoms. The first-order valence-electron chi connectivity index (χ1n) is 7.76. The van der Waals surface area contributed by atoms with Crippen LogP contribution in [0.4, 0.5) is 4.79 Å². The molecule has 0 spiro atoms. The van der Waals surface area contributed by atoms with E-state index in [1.807, 2.05) is 37.0 Å². The van der Waals surface area contributed by atoms with Gasteiger partial charge in [0, 0.05) is 31.7 Å². The average Bonchev–Trinajstić information content (AvgIpc) is 3.28. The molecule has 0 aliphatic carbocycles. The molecule has 0 aromatic rings. The van der Waals surface area contributed by atoms with E-state index in [1.165, 1.54) is 5.06 Å². The van der Waals surface area contributed by atoms with Crippen LogP contribution in [-0.2, 0) is 4.57 Å². The highest BCUT2D eigenvalue weighted by Crippen LogP contribution is 2.56. The van der Waals surface area contributed by atoms with Gasteiger partial charge in [0.15, 0.2) is 0 Å². The summed E-state index contributed by atoms with van der Waals surface area (Å²) in [6.07, 6.45) is 0.627. The smallest absolute Gasteiger partial charge is 0.322 e. The summed E-state index contributed by atoms with van der Waals surface area (Å²) >= 11 is 0. The highest BCUT2D eigenvalue weighted by Gasteiger charge is 2.53. The van der Waals surface area contributed by atoms with Crippen molar-refractivity contribution in [2.24, 2.45) is 0 Å². The Bertz CT molecular complexity index is 514. The highest BCUT2D eigenvalue weighted by atomic mass is 31.2. The fourth-order valence-corrected chi connectivity index (χ4v) is 5.50. The van der Waals surface area contributed by atoms with Gasteiger partial charge in [0.1, 0.15) is 0 Å². The monoisotopic (exact) mass is 331 g/mol. The molecule has 3 rings (SSSR count). The molecule has 9 heteroatoms. The molecule has 126 valence electrons. The third kappa shape index (κ3) is 2.67. The van der Waals surface area contributed by atoms with Crippen LogP contribution in [0.2, 0.25) is 0 Å². The molecule has 3 N–H and O–H groups in total. The zero-order chi connectivity index (χ0) is 16.3. The standard InChI is InChI=1S/C13H26N5O3P/c1-12(2)9-10(13(3,4)18(12)20)14-11(19)15-22(21,16-5-6-16)17-7-8-17/h10,20H,5-9H2,1-4H3,(H2,14,15,19,21). The number of nitrogens with zero attached hydrogens (tertiary/aromatic N) is 3. The van der Waals surface area contributed by atoms with Gasteiger partial charge in [-0.3, -0.25) is 9.65 Å². The lowest BCUT2D eigenvalue weighted by molar-refractivity contribution is -0.193. The fraction of sp³-hybridized carbons (Fsp3) is 0.923. The quantitative estimate of drug-likeness (QED) is 0.527. The minimum absolute atomic E-state index is 0.218. The van der Waals surface area contributed by atoms with Gasteiger partial charge in [0.05, 0.1) is 11.6 Å². The molecule has 2 amide bonds. The summed E-state index contributed by atoms with van der Waals surface area (Å²) in [5, 5.41) is 17.2. The molecule has 3 heterocycles. The average molecular weight is 331 g/mol. The Balaban J connectivity index is 1.66. The van der Waals surface area contributed by atoms with E-state index < -0.39 is 24.7 Å². The van der Waals surface area contributed by atoms with Crippen LogP contribution < -0.4 is 10.4 Å². The van der Waals surface area contributed by atoms with Gasteiger partial charge in [-0.2, -0.15) is 5.06 Å². The van der Waals surface area contributed by atoms with Crippen molar-refractivity contribution in [2.75, 3.05) is 26.2 Å². The molecule has 1 unspecified atom stereocenters. The Hall–Kier alpha value is -0.660. The maximum atomic E-state index is 12.9. The molecule has 3 fully saturated rings. The second-order valence-electron chi connectivity index (χ2n) is 7.57. The fourth-order valence-electron chi connectivity index (χ4n) is 3.27. The summed E-state index contributed by atoms with van der Waals surface area (Å²) in [5.41, 5.74) is -0.990. The van der Waals surface area contributed by atoms with Gasteiger partial charge in [-0.15, -0.1) is 0 Å². The van der Waals surface area contributed by atoms with Crippen LogP contribution in [0, 0.1) is 0 Å². The Morgan fingerprint density at radius 3 is 2.00 bits per heavy atom. The van der Waals surface area contributed by atoms with Crippen LogP contribution in [0.1, 0.15) is 34.1 Å². The maximum Gasteiger partial charge on any atom is 0.322 e. The highest BCUT2D eigenvalue weighted by molar-refractivity contribution is 7.58. The zero-order valence-corrected chi connectivity index (χ0v) is 14.6. The summed E-state index contributed by atoms with van der Waals surface area (Å²) in [4.78, 5) is 12.3. The van der Waals surface area contributed by atoms with Gasteiger partial charge in [0.2, 0.25) is 0 Å². The van der Waals surface area contributed by atoms with E-state index in [0.29, 0.717) is 6.42 Å². The number of urea groups is 1. The summed E-state index contributed by atoms with van der Waals surface area (Å²) < 4.78 is 16.5. The van der Waals surface area contributed by atoms with Crippen molar-refractivity contribution in [3.8, 4) is 0 Å². The van der Waals surface area contributed by atoms with Crippen LogP contribution in [0.3, 0.4) is 0 Å². The Labute approximate surface area is 131 Å². The first-order valence-corrected chi connectivity index (χ1v) is 9.37. The number of carbonyl (C=O) groups is 1. The van der Waals surface area contributed by atoms with Gasteiger partial charge in [-0.05, 0) is 34.1 Å². The van der Waals surface area contributed by atoms with Crippen molar-refractivity contribution in [1.82, 2.24) is 24.8 Å². The van der Waals surface area contributed by atoms with Crippen LogP contribution in [0.25, 0.3) is 0 Å². The first kappa shape index (κ1) is 16.2. The molecule has 0 aromatic heterocycles. The van der Waals surface area contributed by atoms with Crippen LogP contribution in [0.5, 0.6) is 0 Å². The van der Waals surface area contributed by atoms with Crippen LogP contribution >= 0.6 is 7.59 Å². The third-order valence-electron chi connectivity index (χ3n) is 4.84. The van der Waals surface area contributed by atoms with E-state index in [0.717, 1.165) is 26.2 Å². The van der Waals surface area contributed by atoms with E-state index in [9.17, 15) is 14.6 Å². The van der Waals surface area contributed by atoms with Crippen molar-refractivity contribution in [2.45, 2.75) is 51.2 Å². The largest absolute Gasteiger partial charge is 0.333 e. The van der Waals surface area contributed by atoms with Crippen molar-refractivity contribution in [3.63, 3.8) is 0 Å². The topological polar surface area (TPSA) is 87.7 Å². The Morgan fingerprint density at radius 2 is 1.64 bits per heavy atom. The molecule has 8 nitrogen and oxygen atoms in total. The summed E-state index contributed by atoms with van der Waals surface area (Å²) in [7, 11) is -2.91. The van der Waals surface area contributed by atoms with E-state index >= 15 is 0 Å². The molecule has 22 heavy (non-hydrogen) atoms. The molecule has 3 saturated heterocycles. The second kappa shape index (κ2) is 4.92. The lowest BCUT2D eigenvalue weighted by Crippen LogP contribution is -2.54. The molecule has 3 aliphatic heterocycles. The molecular weight excluding hydrogens is 305 g/mol. The zero-order valence-electron chi connectivity index (χ0n) is 13.7.